The van der Waals surface area contributed by atoms with E-state index in [0.29, 0.717) is 12.1 Å². The highest BCUT2D eigenvalue weighted by atomic mass is 127. The molecule has 0 amide bonds. The van der Waals surface area contributed by atoms with Crippen LogP contribution in [0.2, 0.25) is 0 Å². The van der Waals surface area contributed by atoms with Crippen molar-refractivity contribution >= 4 is 29.9 Å². The van der Waals surface area contributed by atoms with Gasteiger partial charge in [0.25, 0.3) is 0 Å². The van der Waals surface area contributed by atoms with Crippen LogP contribution in [-0.2, 0) is 4.74 Å². The zero-order valence-electron chi connectivity index (χ0n) is 15.4. The number of hydrogen-bond acceptors (Lipinski definition) is 3. The largest absolute Gasteiger partial charge is 0.379 e. The fourth-order valence-corrected chi connectivity index (χ4v) is 2.82. The Morgan fingerprint density at radius 2 is 2.04 bits per heavy atom. The molecular weight excluding hydrogens is 403 g/mol. The molecule has 138 valence electrons. The molecule has 0 bridgehead atoms. The highest BCUT2D eigenvalue weighted by Gasteiger charge is 2.23. The summed E-state index contributed by atoms with van der Waals surface area (Å²) in [6, 6.07) is 0.943. The molecule has 0 saturated carbocycles. The number of nitrogens with one attached hydrogen (secondary N) is 2. The van der Waals surface area contributed by atoms with E-state index in [0.717, 1.165) is 45.4 Å². The van der Waals surface area contributed by atoms with Crippen LogP contribution in [-0.4, -0.2) is 62.3 Å². The van der Waals surface area contributed by atoms with Gasteiger partial charge in [0.05, 0.1) is 19.8 Å². The summed E-state index contributed by atoms with van der Waals surface area (Å²) in [6.07, 6.45) is 5.11. The number of nitrogens with zero attached hydrogens (tertiary/aromatic N) is 2. The van der Waals surface area contributed by atoms with E-state index in [4.69, 9.17) is 9.73 Å². The van der Waals surface area contributed by atoms with Crippen molar-refractivity contribution in [1.82, 2.24) is 15.5 Å². The molecule has 2 atom stereocenters. The van der Waals surface area contributed by atoms with Gasteiger partial charge in [-0.2, -0.15) is 0 Å². The first-order valence-corrected chi connectivity index (χ1v) is 9.04. The zero-order chi connectivity index (χ0) is 16.2. The van der Waals surface area contributed by atoms with Crippen LogP contribution in [0.15, 0.2) is 4.99 Å². The third kappa shape index (κ3) is 9.72. The van der Waals surface area contributed by atoms with E-state index in [9.17, 15) is 0 Å². The summed E-state index contributed by atoms with van der Waals surface area (Å²) >= 11 is 0. The fraction of sp³-hybridized carbons (Fsp3) is 0.941. The molecule has 2 unspecified atom stereocenters. The topological polar surface area (TPSA) is 48.9 Å². The highest BCUT2D eigenvalue weighted by Crippen LogP contribution is 2.10. The number of aliphatic imine (C=N–C) groups is 1. The average molecular weight is 440 g/mol. The second kappa shape index (κ2) is 14.3. The molecule has 1 aliphatic rings. The summed E-state index contributed by atoms with van der Waals surface area (Å²) in [5.41, 5.74) is 0. The van der Waals surface area contributed by atoms with Gasteiger partial charge in [0.15, 0.2) is 5.96 Å². The van der Waals surface area contributed by atoms with Crippen molar-refractivity contribution in [1.29, 1.82) is 0 Å². The van der Waals surface area contributed by atoms with Crippen molar-refractivity contribution < 1.29 is 4.74 Å². The second-order valence-corrected chi connectivity index (χ2v) is 6.22. The molecule has 6 heteroatoms. The summed E-state index contributed by atoms with van der Waals surface area (Å²) in [7, 11) is 0. The van der Waals surface area contributed by atoms with Crippen molar-refractivity contribution in [2.45, 2.75) is 65.5 Å². The summed E-state index contributed by atoms with van der Waals surface area (Å²) in [5, 5.41) is 6.78. The Kier molecular flexibility index (Phi) is 14.2. The van der Waals surface area contributed by atoms with Crippen LogP contribution in [0.5, 0.6) is 0 Å². The molecule has 1 saturated heterocycles. The molecule has 0 aromatic heterocycles. The lowest BCUT2D eigenvalue weighted by atomic mass is 10.2. The van der Waals surface area contributed by atoms with Crippen LogP contribution in [0, 0.1) is 0 Å². The third-order valence-electron chi connectivity index (χ3n) is 4.17. The molecular formula is C17H37IN4O. The minimum absolute atomic E-state index is 0. The summed E-state index contributed by atoms with van der Waals surface area (Å²) in [6.45, 7) is 14.3. The van der Waals surface area contributed by atoms with Gasteiger partial charge in [0, 0.05) is 31.7 Å². The monoisotopic (exact) mass is 440 g/mol. The Balaban J connectivity index is 0.00000484. The molecule has 0 aromatic rings. The number of rotatable bonds is 9. The van der Waals surface area contributed by atoms with Crippen molar-refractivity contribution in [3.05, 3.63) is 0 Å². The first kappa shape index (κ1) is 22.9. The molecule has 23 heavy (non-hydrogen) atoms. The molecule has 1 heterocycles. The molecule has 0 aromatic carbocycles. The standard InChI is InChI=1S/C17H36N4O.HI/c1-5-7-8-9-10-19-17(18-6-2)20-13-15(3)21-11-12-22-14-16(21)4;/h15-16H,5-14H2,1-4H3,(H2,18,19,20);1H. The number of halogens is 1. The SMILES string of the molecule is CCCCCCNC(=NCC(C)N1CCOCC1C)NCC.I. The van der Waals surface area contributed by atoms with Crippen LogP contribution in [0.4, 0.5) is 0 Å². The lowest BCUT2D eigenvalue weighted by Gasteiger charge is -2.37. The number of ether oxygens (including phenoxy) is 1. The Labute approximate surface area is 160 Å². The second-order valence-electron chi connectivity index (χ2n) is 6.22. The average Bonchev–Trinajstić information content (AvgIpc) is 2.52. The Hall–Kier alpha value is -0.0800. The molecule has 1 fully saturated rings. The maximum Gasteiger partial charge on any atom is 0.191 e. The normalized spacial score (nSPS) is 20.7. The number of guanidine groups is 1. The fourth-order valence-electron chi connectivity index (χ4n) is 2.82. The van der Waals surface area contributed by atoms with Gasteiger partial charge in [-0.15, -0.1) is 24.0 Å². The van der Waals surface area contributed by atoms with Crippen molar-refractivity contribution in [3.63, 3.8) is 0 Å². The smallest absolute Gasteiger partial charge is 0.191 e. The predicted molar refractivity (Wildman–Crippen MR) is 110 cm³/mol. The van der Waals surface area contributed by atoms with Crippen molar-refractivity contribution in [2.24, 2.45) is 4.99 Å². The lowest BCUT2D eigenvalue weighted by molar-refractivity contribution is -0.0165. The van der Waals surface area contributed by atoms with Gasteiger partial charge in [-0.05, 0) is 27.2 Å². The number of hydrogen-bond donors (Lipinski definition) is 2. The van der Waals surface area contributed by atoms with Gasteiger partial charge >= 0.3 is 0 Å². The van der Waals surface area contributed by atoms with Gasteiger partial charge < -0.3 is 15.4 Å². The maximum atomic E-state index is 5.51. The van der Waals surface area contributed by atoms with Gasteiger partial charge in [-0.25, -0.2) is 0 Å². The Morgan fingerprint density at radius 1 is 1.26 bits per heavy atom. The van der Waals surface area contributed by atoms with E-state index >= 15 is 0 Å². The summed E-state index contributed by atoms with van der Waals surface area (Å²) in [4.78, 5) is 7.25. The minimum Gasteiger partial charge on any atom is -0.379 e. The van der Waals surface area contributed by atoms with Crippen LogP contribution < -0.4 is 10.6 Å². The van der Waals surface area contributed by atoms with Crippen molar-refractivity contribution in [2.75, 3.05) is 39.4 Å². The third-order valence-corrected chi connectivity index (χ3v) is 4.17. The van der Waals surface area contributed by atoms with E-state index in [1.165, 1.54) is 25.7 Å². The number of unbranched alkanes of at least 4 members (excludes halogenated alkanes) is 3. The summed E-state index contributed by atoms with van der Waals surface area (Å²) in [5.74, 6) is 0.951. The van der Waals surface area contributed by atoms with Crippen LogP contribution in [0.3, 0.4) is 0 Å². The van der Waals surface area contributed by atoms with Gasteiger partial charge in [0.2, 0.25) is 0 Å². The molecule has 1 aliphatic heterocycles. The molecule has 0 spiro atoms. The molecule has 1 rings (SSSR count). The first-order valence-electron chi connectivity index (χ1n) is 9.04. The Bertz CT molecular complexity index is 315. The van der Waals surface area contributed by atoms with Crippen LogP contribution in [0.1, 0.15) is 53.4 Å². The Morgan fingerprint density at radius 3 is 2.70 bits per heavy atom. The van der Waals surface area contributed by atoms with Gasteiger partial charge in [0.1, 0.15) is 0 Å². The van der Waals surface area contributed by atoms with Gasteiger partial charge in [-0.1, -0.05) is 26.2 Å². The maximum absolute atomic E-state index is 5.51. The lowest BCUT2D eigenvalue weighted by Crippen LogP contribution is -2.49. The number of morpholine rings is 1. The first-order chi connectivity index (χ1) is 10.7. The van der Waals surface area contributed by atoms with Gasteiger partial charge in [-0.3, -0.25) is 9.89 Å². The van der Waals surface area contributed by atoms with E-state index in [1.807, 2.05) is 0 Å². The zero-order valence-corrected chi connectivity index (χ0v) is 17.8. The quantitative estimate of drug-likeness (QED) is 0.251. The predicted octanol–water partition coefficient (Wildman–Crippen LogP) is 2.85. The minimum atomic E-state index is 0. The highest BCUT2D eigenvalue weighted by molar-refractivity contribution is 14.0. The van der Waals surface area contributed by atoms with Crippen molar-refractivity contribution in [3.8, 4) is 0 Å². The molecule has 2 N–H and O–H groups in total. The van der Waals surface area contributed by atoms with E-state index < -0.39 is 0 Å². The van der Waals surface area contributed by atoms with Crippen LogP contribution >= 0.6 is 24.0 Å². The van der Waals surface area contributed by atoms with E-state index in [1.54, 1.807) is 0 Å². The molecule has 0 aliphatic carbocycles. The summed E-state index contributed by atoms with van der Waals surface area (Å²) < 4.78 is 5.51. The van der Waals surface area contributed by atoms with E-state index in [2.05, 4.69) is 43.2 Å². The molecule has 0 radical (unpaired) electrons. The van der Waals surface area contributed by atoms with Crippen LogP contribution in [0.25, 0.3) is 0 Å². The molecule has 5 nitrogen and oxygen atoms in total. The van der Waals surface area contributed by atoms with E-state index in [-0.39, 0.29) is 24.0 Å².